The lowest BCUT2D eigenvalue weighted by molar-refractivity contribution is -0.119. The number of carbonyl (C=O) groups excluding carboxylic acids is 1. The third-order valence-electron chi connectivity index (χ3n) is 4.15. The quantitative estimate of drug-likeness (QED) is 0.691. The van der Waals surface area contributed by atoms with Crippen molar-refractivity contribution in [2.45, 2.75) is 31.7 Å². The molecule has 2 rings (SSSR count). The highest BCUT2D eigenvalue weighted by Gasteiger charge is 2.41. The van der Waals surface area contributed by atoms with Crippen LogP contribution in [0.5, 0.6) is 5.75 Å². The summed E-state index contributed by atoms with van der Waals surface area (Å²) >= 11 is 0. The number of hydrogen-bond acceptors (Lipinski definition) is 6. The Labute approximate surface area is 165 Å². The molecule has 1 aromatic carbocycles. The first-order valence-corrected chi connectivity index (χ1v) is 9.97. The summed E-state index contributed by atoms with van der Waals surface area (Å²) in [4.78, 5) is 24.0. The minimum Gasteiger partial charge on any atom is -0.497 e. The smallest absolute Gasteiger partial charge is 0.285 e. The van der Waals surface area contributed by atoms with E-state index >= 15 is 0 Å². The Balaban J connectivity index is 2.53. The Hall–Kier alpha value is -2.79. The molecule has 11 heteroatoms. The van der Waals surface area contributed by atoms with Gasteiger partial charge in [-0.25, -0.2) is 21.9 Å². The van der Waals surface area contributed by atoms with Crippen molar-refractivity contribution >= 4 is 15.9 Å². The molecule has 158 valence electrons. The van der Waals surface area contributed by atoms with E-state index in [1.807, 2.05) is 0 Å². The molecule has 0 aliphatic rings. The molecule has 0 bridgehead atoms. The topological polar surface area (TPSA) is 115 Å². The molecule has 1 aromatic heterocycles. The van der Waals surface area contributed by atoms with Gasteiger partial charge in [0.25, 0.3) is 20.6 Å². The average Bonchev–Trinajstić information content (AvgIpc) is 2.62. The fourth-order valence-electron chi connectivity index (χ4n) is 2.53. The van der Waals surface area contributed by atoms with Crippen molar-refractivity contribution in [1.82, 2.24) is 9.29 Å². The molecule has 2 N–H and O–H groups in total. The van der Waals surface area contributed by atoms with E-state index in [9.17, 15) is 31.9 Å². The summed E-state index contributed by atoms with van der Waals surface area (Å²) < 4.78 is 60.2. The van der Waals surface area contributed by atoms with Crippen molar-refractivity contribution in [2.24, 2.45) is 0 Å². The van der Waals surface area contributed by atoms with Crippen molar-refractivity contribution in [3.63, 3.8) is 0 Å². The zero-order chi connectivity index (χ0) is 22.0. The molecule has 0 spiro atoms. The molecule has 0 radical (unpaired) electrons. The van der Waals surface area contributed by atoms with Crippen LogP contribution < -0.4 is 15.0 Å². The predicted octanol–water partition coefficient (Wildman–Crippen LogP) is 1.67. The van der Waals surface area contributed by atoms with Crippen LogP contribution >= 0.6 is 0 Å². The van der Waals surface area contributed by atoms with Crippen LogP contribution in [0.1, 0.15) is 26.7 Å². The van der Waals surface area contributed by atoms with Gasteiger partial charge in [-0.15, -0.1) is 0 Å². The van der Waals surface area contributed by atoms with Crippen molar-refractivity contribution in [1.29, 1.82) is 0 Å². The first-order chi connectivity index (χ1) is 13.4. The van der Waals surface area contributed by atoms with Crippen molar-refractivity contribution in [3.05, 3.63) is 52.5 Å². The van der Waals surface area contributed by atoms with E-state index in [0.29, 0.717) is 25.6 Å². The van der Waals surface area contributed by atoms with Crippen LogP contribution in [0, 0.1) is 11.6 Å². The van der Waals surface area contributed by atoms with Gasteiger partial charge in [0.05, 0.1) is 7.11 Å². The summed E-state index contributed by atoms with van der Waals surface area (Å²) in [7, 11) is -3.49. The van der Waals surface area contributed by atoms with Gasteiger partial charge < -0.3 is 9.84 Å². The molecule has 1 heterocycles. The van der Waals surface area contributed by atoms with Crippen LogP contribution in [-0.4, -0.2) is 31.1 Å². The summed E-state index contributed by atoms with van der Waals surface area (Å²) in [5, 5.41) is 7.44. The summed E-state index contributed by atoms with van der Waals surface area (Å²) in [6.45, 7) is 2.35. The van der Waals surface area contributed by atoms with Gasteiger partial charge in [0, 0.05) is 42.8 Å². The van der Waals surface area contributed by atoms with Crippen LogP contribution in [0.2, 0.25) is 0 Å². The zero-order valence-electron chi connectivity index (χ0n) is 15.9. The highest BCUT2D eigenvalue weighted by Crippen LogP contribution is 2.28. The minimum atomic E-state index is -4.81. The molecule has 0 saturated heterocycles. The number of rotatable bonds is 7. The third kappa shape index (κ3) is 4.46. The van der Waals surface area contributed by atoms with E-state index in [2.05, 4.69) is 0 Å². The largest absolute Gasteiger partial charge is 0.497 e. The molecule has 8 nitrogen and oxygen atoms in total. The van der Waals surface area contributed by atoms with Crippen molar-refractivity contribution < 1.29 is 31.8 Å². The number of aromatic nitrogens is 1. The lowest BCUT2D eigenvalue weighted by atomic mass is 10.1. The summed E-state index contributed by atoms with van der Waals surface area (Å²) in [5.41, 5.74) is -1.82. The van der Waals surface area contributed by atoms with Gasteiger partial charge in [-0.05, 0) is 18.6 Å². The molecule has 0 fully saturated rings. The van der Waals surface area contributed by atoms with E-state index in [1.54, 1.807) is 11.6 Å². The number of hydrogen-bond donors (Lipinski definition) is 2. The monoisotopic (exact) mass is 430 g/mol. The van der Waals surface area contributed by atoms with Gasteiger partial charge in [0.1, 0.15) is 17.4 Å². The van der Waals surface area contributed by atoms with Crippen LogP contribution in [0.25, 0.3) is 11.1 Å². The number of sulfonamides is 1. The van der Waals surface area contributed by atoms with Gasteiger partial charge in [0.2, 0.25) is 5.91 Å². The lowest BCUT2D eigenvalue weighted by Gasteiger charge is -2.26. The highest BCUT2D eigenvalue weighted by atomic mass is 32.2. The number of nitrogens with one attached hydrogen (secondary N) is 1. The number of amides is 1. The van der Waals surface area contributed by atoms with Gasteiger partial charge in [-0.2, -0.15) is 0 Å². The number of ether oxygens (including phenoxy) is 1. The maximum absolute atomic E-state index is 14.6. The van der Waals surface area contributed by atoms with Crippen molar-refractivity contribution in [2.75, 3.05) is 7.11 Å². The second kappa shape index (κ2) is 8.29. The standard InChI is InChI=1S/C18H20F2N2O6S/c1-4-5-16(23)21-29(26,27)18(2,25)22-10-15(20)13(9-17(22)24)12-7-6-11(28-3)8-14(12)19/h6-10,25H,4-5H2,1-3H3,(H,21,23). The molecular weight excluding hydrogens is 410 g/mol. The Morgan fingerprint density at radius 2 is 1.90 bits per heavy atom. The van der Waals surface area contributed by atoms with Crippen LogP contribution in [0.3, 0.4) is 0 Å². The van der Waals surface area contributed by atoms with Gasteiger partial charge >= 0.3 is 0 Å². The average molecular weight is 430 g/mol. The molecule has 1 unspecified atom stereocenters. The number of pyridine rings is 1. The van der Waals surface area contributed by atoms with E-state index in [4.69, 9.17) is 4.74 Å². The second-order valence-electron chi connectivity index (χ2n) is 6.30. The summed E-state index contributed by atoms with van der Waals surface area (Å²) in [5.74, 6) is -2.74. The molecule has 29 heavy (non-hydrogen) atoms. The number of halogens is 2. The lowest BCUT2D eigenvalue weighted by Crippen LogP contribution is -2.51. The van der Waals surface area contributed by atoms with Gasteiger partial charge in [-0.3, -0.25) is 14.2 Å². The number of aliphatic hydroxyl groups is 1. The second-order valence-corrected chi connectivity index (χ2v) is 8.29. The van der Waals surface area contributed by atoms with E-state index in [-0.39, 0.29) is 22.3 Å². The van der Waals surface area contributed by atoms with Gasteiger partial charge in [-0.1, -0.05) is 6.92 Å². The van der Waals surface area contributed by atoms with Crippen molar-refractivity contribution in [3.8, 4) is 16.9 Å². The fraction of sp³-hybridized carbons (Fsp3) is 0.333. The molecule has 0 aliphatic carbocycles. The Bertz CT molecular complexity index is 1100. The first-order valence-electron chi connectivity index (χ1n) is 8.48. The summed E-state index contributed by atoms with van der Waals surface area (Å²) in [6, 6.07) is 4.19. The first kappa shape index (κ1) is 22.5. The van der Waals surface area contributed by atoms with E-state index in [0.717, 1.165) is 6.07 Å². The van der Waals surface area contributed by atoms with Gasteiger partial charge in [0.15, 0.2) is 0 Å². The summed E-state index contributed by atoms with van der Waals surface area (Å²) in [6.07, 6.45) is 0.652. The number of carbonyl (C=O) groups is 1. The maximum atomic E-state index is 14.6. The Morgan fingerprint density at radius 3 is 2.45 bits per heavy atom. The van der Waals surface area contributed by atoms with Crippen LogP contribution in [-0.2, 0) is 19.9 Å². The molecular formula is C18H20F2N2O6S. The zero-order valence-corrected chi connectivity index (χ0v) is 16.7. The predicted molar refractivity (Wildman–Crippen MR) is 100 cm³/mol. The molecule has 1 atom stereocenters. The minimum absolute atomic E-state index is 0.131. The number of methoxy groups -OCH3 is 1. The van der Waals surface area contributed by atoms with E-state index in [1.165, 1.54) is 19.2 Å². The van der Waals surface area contributed by atoms with E-state index < -0.39 is 43.7 Å². The molecule has 2 aromatic rings. The Kier molecular flexibility index (Phi) is 6.43. The fourth-order valence-corrected chi connectivity index (χ4v) is 3.53. The van der Waals surface area contributed by atoms with Crippen LogP contribution in [0.15, 0.2) is 35.3 Å². The maximum Gasteiger partial charge on any atom is 0.285 e. The molecule has 0 saturated carbocycles. The van der Waals surface area contributed by atoms with Crippen LogP contribution in [0.4, 0.5) is 8.78 Å². The normalized spacial score (nSPS) is 13.6. The molecule has 1 amide bonds. The number of benzene rings is 1. The Morgan fingerprint density at radius 1 is 1.24 bits per heavy atom. The SMILES string of the molecule is CCCC(=O)NS(=O)(=O)C(C)(O)n1cc(F)c(-c2ccc(OC)cc2F)cc1=O. The number of nitrogens with zero attached hydrogens (tertiary/aromatic N) is 1. The molecule has 0 aliphatic heterocycles. The third-order valence-corrected chi connectivity index (χ3v) is 5.86. The highest BCUT2D eigenvalue weighted by molar-refractivity contribution is 7.90.